The lowest BCUT2D eigenvalue weighted by Gasteiger charge is -2.06. The highest BCUT2D eigenvalue weighted by Crippen LogP contribution is 2.22. The van der Waals surface area contributed by atoms with Crippen molar-refractivity contribution >= 4 is 28.5 Å². The summed E-state index contributed by atoms with van der Waals surface area (Å²) in [4.78, 5) is 27.1. The van der Waals surface area contributed by atoms with E-state index in [-0.39, 0.29) is 11.4 Å². The van der Waals surface area contributed by atoms with E-state index in [1.807, 2.05) is 0 Å². The highest BCUT2D eigenvalue weighted by molar-refractivity contribution is 6.13. The molecule has 2 N–H and O–H groups in total. The summed E-state index contributed by atoms with van der Waals surface area (Å²) >= 11 is 0. The first-order chi connectivity index (χ1) is 10.2. The number of carboxylic acid groups (broad SMARTS) is 1. The molecular formula is C15H10N2O4. The zero-order chi connectivity index (χ0) is 14.8. The summed E-state index contributed by atoms with van der Waals surface area (Å²) in [5.41, 5.74) is 0.858. The summed E-state index contributed by atoms with van der Waals surface area (Å²) in [6, 6.07) is 10.1. The number of hydrogen-bond acceptors (Lipinski definition) is 4. The molecule has 0 spiro atoms. The average Bonchev–Trinajstić information content (AvgIpc) is 2.91. The predicted octanol–water partition coefficient (Wildman–Crippen LogP) is 2.78. The van der Waals surface area contributed by atoms with Crippen LogP contribution in [0, 0.1) is 0 Å². The Hall–Kier alpha value is -3.15. The van der Waals surface area contributed by atoms with Gasteiger partial charge in [0.15, 0.2) is 5.69 Å². The molecule has 3 rings (SSSR count). The number of furan rings is 1. The van der Waals surface area contributed by atoms with E-state index in [9.17, 15) is 9.59 Å². The van der Waals surface area contributed by atoms with Crippen LogP contribution in [0.1, 0.15) is 20.8 Å². The number of nitrogens with one attached hydrogen (secondary N) is 1. The fourth-order valence-electron chi connectivity index (χ4n) is 2.02. The number of fused-ring (bicyclic) bond motifs is 1. The fraction of sp³-hybridized carbons (Fsp3) is 0. The standard InChI is InChI=1S/C15H10N2O4/c18-14(10-8-21-12-6-2-1-4-9(10)12)17-11-5-3-7-16-13(11)15(19)20/h1-8H,(H,17,18)(H,19,20). The third-order valence-corrected chi connectivity index (χ3v) is 2.98. The molecule has 6 nitrogen and oxygen atoms in total. The first-order valence-electron chi connectivity index (χ1n) is 6.12. The molecule has 0 aliphatic heterocycles. The second-order valence-electron chi connectivity index (χ2n) is 4.30. The van der Waals surface area contributed by atoms with Crippen molar-refractivity contribution in [1.29, 1.82) is 0 Å². The van der Waals surface area contributed by atoms with Crippen molar-refractivity contribution in [2.45, 2.75) is 0 Å². The molecule has 0 aliphatic carbocycles. The maximum Gasteiger partial charge on any atom is 0.356 e. The van der Waals surface area contributed by atoms with Crippen molar-refractivity contribution in [3.63, 3.8) is 0 Å². The molecule has 0 unspecified atom stereocenters. The molecule has 0 aliphatic rings. The second kappa shape index (κ2) is 5.09. The molecule has 2 aromatic heterocycles. The third kappa shape index (κ3) is 2.34. The largest absolute Gasteiger partial charge is 0.476 e. The molecule has 0 saturated heterocycles. The molecule has 21 heavy (non-hydrogen) atoms. The lowest BCUT2D eigenvalue weighted by Crippen LogP contribution is -2.15. The minimum absolute atomic E-state index is 0.139. The molecule has 0 atom stereocenters. The van der Waals surface area contributed by atoms with Crippen molar-refractivity contribution in [3.8, 4) is 0 Å². The van der Waals surface area contributed by atoms with Crippen molar-refractivity contribution < 1.29 is 19.1 Å². The van der Waals surface area contributed by atoms with Gasteiger partial charge in [0.2, 0.25) is 0 Å². The number of carboxylic acids is 1. The van der Waals surface area contributed by atoms with Crippen molar-refractivity contribution in [1.82, 2.24) is 4.98 Å². The normalized spacial score (nSPS) is 10.5. The Balaban J connectivity index is 1.96. The van der Waals surface area contributed by atoms with Crippen LogP contribution in [-0.4, -0.2) is 22.0 Å². The molecule has 0 radical (unpaired) electrons. The van der Waals surface area contributed by atoms with Gasteiger partial charge in [-0.2, -0.15) is 0 Å². The number of anilines is 1. The summed E-state index contributed by atoms with van der Waals surface area (Å²) in [6.45, 7) is 0. The highest BCUT2D eigenvalue weighted by Gasteiger charge is 2.17. The Morgan fingerprint density at radius 2 is 1.95 bits per heavy atom. The molecule has 0 saturated carbocycles. The van der Waals surface area contributed by atoms with Gasteiger partial charge in [-0.1, -0.05) is 18.2 Å². The summed E-state index contributed by atoms with van der Waals surface area (Å²) in [5.74, 6) is -1.65. The summed E-state index contributed by atoms with van der Waals surface area (Å²) in [7, 11) is 0. The number of benzene rings is 1. The van der Waals surface area contributed by atoms with Crippen molar-refractivity contribution in [2.24, 2.45) is 0 Å². The van der Waals surface area contributed by atoms with Gasteiger partial charge in [-0.25, -0.2) is 9.78 Å². The Bertz CT molecular complexity index is 838. The molecule has 1 aromatic carbocycles. The van der Waals surface area contributed by atoms with E-state index in [1.54, 1.807) is 30.3 Å². The number of hydrogen-bond donors (Lipinski definition) is 2. The zero-order valence-corrected chi connectivity index (χ0v) is 10.7. The van der Waals surface area contributed by atoms with E-state index in [4.69, 9.17) is 9.52 Å². The van der Waals surface area contributed by atoms with Crippen LogP contribution in [0.15, 0.2) is 53.3 Å². The number of amides is 1. The van der Waals surface area contributed by atoms with E-state index in [0.29, 0.717) is 16.5 Å². The second-order valence-corrected chi connectivity index (χ2v) is 4.30. The van der Waals surface area contributed by atoms with Crippen LogP contribution in [0.2, 0.25) is 0 Å². The molecular weight excluding hydrogens is 272 g/mol. The number of aromatic carboxylic acids is 1. The van der Waals surface area contributed by atoms with E-state index in [0.717, 1.165) is 0 Å². The van der Waals surface area contributed by atoms with E-state index < -0.39 is 11.9 Å². The van der Waals surface area contributed by atoms with Gasteiger partial charge in [0.1, 0.15) is 11.8 Å². The number of para-hydroxylation sites is 1. The maximum atomic E-state index is 12.3. The summed E-state index contributed by atoms with van der Waals surface area (Å²) in [6.07, 6.45) is 2.70. The molecule has 3 aromatic rings. The summed E-state index contributed by atoms with van der Waals surface area (Å²) < 4.78 is 5.29. The van der Waals surface area contributed by atoms with Gasteiger partial charge in [-0.3, -0.25) is 4.79 Å². The number of nitrogens with zero attached hydrogens (tertiary/aromatic N) is 1. The minimum atomic E-state index is -1.21. The van der Waals surface area contributed by atoms with Crippen LogP contribution < -0.4 is 5.32 Å². The Labute approximate surface area is 119 Å². The highest BCUT2D eigenvalue weighted by atomic mass is 16.4. The Kier molecular flexibility index (Phi) is 3.12. The van der Waals surface area contributed by atoms with Gasteiger partial charge < -0.3 is 14.8 Å². The van der Waals surface area contributed by atoms with Gasteiger partial charge in [-0.15, -0.1) is 0 Å². The van der Waals surface area contributed by atoms with Crippen LogP contribution in [-0.2, 0) is 0 Å². The Morgan fingerprint density at radius 3 is 2.76 bits per heavy atom. The smallest absolute Gasteiger partial charge is 0.356 e. The van der Waals surface area contributed by atoms with E-state index in [1.165, 1.54) is 18.5 Å². The molecule has 6 heteroatoms. The minimum Gasteiger partial charge on any atom is -0.476 e. The molecule has 0 fully saturated rings. The van der Waals surface area contributed by atoms with Crippen LogP contribution in [0.25, 0.3) is 11.0 Å². The lowest BCUT2D eigenvalue weighted by molar-refractivity contribution is 0.0691. The number of pyridine rings is 1. The number of rotatable bonds is 3. The quantitative estimate of drug-likeness (QED) is 0.770. The van der Waals surface area contributed by atoms with E-state index >= 15 is 0 Å². The van der Waals surface area contributed by atoms with Crippen LogP contribution in [0.4, 0.5) is 5.69 Å². The van der Waals surface area contributed by atoms with Gasteiger partial charge in [0.25, 0.3) is 5.91 Å². The molecule has 1 amide bonds. The monoisotopic (exact) mass is 282 g/mol. The fourth-order valence-corrected chi connectivity index (χ4v) is 2.02. The van der Waals surface area contributed by atoms with Crippen LogP contribution in [0.3, 0.4) is 0 Å². The first-order valence-corrected chi connectivity index (χ1v) is 6.12. The Morgan fingerprint density at radius 1 is 1.14 bits per heavy atom. The number of aromatic nitrogens is 1. The van der Waals surface area contributed by atoms with Gasteiger partial charge in [0.05, 0.1) is 11.3 Å². The van der Waals surface area contributed by atoms with Gasteiger partial charge in [-0.05, 0) is 18.2 Å². The van der Waals surface area contributed by atoms with Crippen LogP contribution in [0.5, 0.6) is 0 Å². The van der Waals surface area contributed by atoms with Gasteiger partial charge in [0, 0.05) is 11.6 Å². The SMILES string of the molecule is O=C(O)c1ncccc1NC(=O)c1coc2ccccc12. The lowest BCUT2D eigenvalue weighted by atomic mass is 10.1. The third-order valence-electron chi connectivity index (χ3n) is 2.98. The summed E-state index contributed by atoms with van der Waals surface area (Å²) in [5, 5.41) is 12.3. The molecule has 104 valence electrons. The topological polar surface area (TPSA) is 92.4 Å². The zero-order valence-electron chi connectivity index (χ0n) is 10.7. The molecule has 2 heterocycles. The number of carbonyl (C=O) groups is 2. The molecule has 0 bridgehead atoms. The van der Waals surface area contributed by atoms with Gasteiger partial charge >= 0.3 is 5.97 Å². The predicted molar refractivity (Wildman–Crippen MR) is 75.4 cm³/mol. The van der Waals surface area contributed by atoms with Crippen molar-refractivity contribution in [2.75, 3.05) is 5.32 Å². The number of carbonyl (C=O) groups excluding carboxylic acids is 1. The average molecular weight is 282 g/mol. The first kappa shape index (κ1) is 12.9. The maximum absolute atomic E-state index is 12.3. The van der Waals surface area contributed by atoms with Crippen LogP contribution >= 0.6 is 0 Å². The van der Waals surface area contributed by atoms with Crippen molar-refractivity contribution in [3.05, 3.63) is 60.1 Å². The van der Waals surface area contributed by atoms with E-state index in [2.05, 4.69) is 10.3 Å².